The van der Waals surface area contributed by atoms with Crippen molar-refractivity contribution in [2.24, 2.45) is 0 Å². The summed E-state index contributed by atoms with van der Waals surface area (Å²) in [7, 11) is 0. The number of benzene rings is 4. The first kappa shape index (κ1) is 31.3. The van der Waals surface area contributed by atoms with Gasteiger partial charge >= 0.3 is 6.03 Å². The van der Waals surface area contributed by atoms with E-state index in [1.165, 1.54) is 29.3 Å². The highest BCUT2D eigenvalue weighted by Gasteiger charge is 2.36. The van der Waals surface area contributed by atoms with E-state index >= 15 is 0 Å². The first-order chi connectivity index (χ1) is 21.7. The second-order valence-corrected chi connectivity index (χ2v) is 11.2. The average molecular weight is 625 g/mol. The molecule has 0 aromatic heterocycles. The molecule has 9 heteroatoms. The van der Waals surface area contributed by atoms with Crippen LogP contribution in [0.2, 0.25) is 5.02 Å². The third-order valence-corrected chi connectivity index (χ3v) is 7.70. The van der Waals surface area contributed by atoms with Crippen molar-refractivity contribution >= 4 is 41.2 Å². The molecule has 0 bridgehead atoms. The molecule has 0 radical (unpaired) electrons. The van der Waals surface area contributed by atoms with Crippen molar-refractivity contribution < 1.29 is 28.6 Å². The van der Waals surface area contributed by atoms with Crippen LogP contribution in [0.3, 0.4) is 0 Å². The van der Waals surface area contributed by atoms with Gasteiger partial charge in [0.15, 0.2) is 11.5 Å². The Morgan fingerprint density at radius 3 is 2.13 bits per heavy atom. The van der Waals surface area contributed by atoms with Gasteiger partial charge in [0.1, 0.15) is 24.5 Å². The van der Waals surface area contributed by atoms with E-state index in [0.29, 0.717) is 35.3 Å². The third kappa shape index (κ3) is 7.19. The number of anilines is 1. The summed E-state index contributed by atoms with van der Waals surface area (Å²) in [5.74, 6) is 0.119. The van der Waals surface area contributed by atoms with Crippen LogP contribution < -0.4 is 24.4 Å². The van der Waals surface area contributed by atoms with E-state index in [9.17, 15) is 14.4 Å². The number of amides is 4. The molecule has 0 spiro atoms. The minimum Gasteiger partial charge on any atom is -0.490 e. The summed E-state index contributed by atoms with van der Waals surface area (Å²) < 4.78 is 17.6. The van der Waals surface area contributed by atoms with Gasteiger partial charge in [-0.25, -0.2) is 9.69 Å². The molecule has 0 unspecified atom stereocenters. The molecule has 1 aliphatic heterocycles. The van der Waals surface area contributed by atoms with E-state index in [1.54, 1.807) is 30.3 Å². The lowest BCUT2D eigenvalue weighted by Gasteiger charge is -2.26. The fourth-order valence-electron chi connectivity index (χ4n) is 4.95. The van der Waals surface area contributed by atoms with Gasteiger partial charge < -0.3 is 14.2 Å². The maximum atomic E-state index is 13.2. The zero-order valence-electron chi connectivity index (χ0n) is 25.2. The molecule has 4 aromatic carbocycles. The van der Waals surface area contributed by atoms with Gasteiger partial charge in [0, 0.05) is 10.4 Å². The molecule has 45 heavy (non-hydrogen) atoms. The summed E-state index contributed by atoms with van der Waals surface area (Å²) in [6.07, 6.45) is 1.41. The molecule has 1 fully saturated rings. The average Bonchev–Trinajstić information content (AvgIpc) is 3.04. The van der Waals surface area contributed by atoms with Crippen molar-refractivity contribution in [2.45, 2.75) is 26.2 Å². The second kappa shape index (κ2) is 13.7. The number of urea groups is 1. The molecule has 1 saturated heterocycles. The Morgan fingerprint density at radius 1 is 0.778 bits per heavy atom. The molecule has 1 aliphatic rings. The zero-order valence-corrected chi connectivity index (χ0v) is 26.0. The van der Waals surface area contributed by atoms with Gasteiger partial charge in [0.25, 0.3) is 11.8 Å². The Balaban J connectivity index is 1.23. The number of nitrogens with one attached hydrogen (secondary N) is 1. The predicted molar refractivity (Wildman–Crippen MR) is 174 cm³/mol. The number of hydrogen-bond donors (Lipinski definition) is 1. The van der Waals surface area contributed by atoms with Gasteiger partial charge in [0.2, 0.25) is 0 Å². The lowest BCUT2D eigenvalue weighted by Crippen LogP contribution is -2.54. The smallest absolute Gasteiger partial charge is 0.335 e. The van der Waals surface area contributed by atoms with Crippen molar-refractivity contribution in [1.82, 2.24) is 5.32 Å². The molecular weight excluding hydrogens is 592 g/mol. The first-order valence-electron chi connectivity index (χ1n) is 14.5. The number of hydrogen-bond acceptors (Lipinski definition) is 6. The maximum absolute atomic E-state index is 13.2. The highest BCUT2D eigenvalue weighted by Crippen LogP contribution is 2.33. The molecule has 0 aliphatic carbocycles. The summed E-state index contributed by atoms with van der Waals surface area (Å²) >= 11 is 5.94. The fraction of sp³-hybridized carbons (Fsp3) is 0.194. The number of ether oxygens (including phenoxy) is 3. The predicted octanol–water partition coefficient (Wildman–Crippen LogP) is 7.19. The topological polar surface area (TPSA) is 94.2 Å². The van der Waals surface area contributed by atoms with E-state index in [2.05, 4.69) is 43.4 Å². The first-order valence-corrected chi connectivity index (χ1v) is 14.9. The number of carbonyl (C=O) groups excluding carboxylic acids is 3. The van der Waals surface area contributed by atoms with E-state index in [1.807, 2.05) is 37.3 Å². The molecule has 0 saturated carbocycles. The molecule has 5 rings (SSSR count). The molecule has 230 valence electrons. The standard InChI is InChI=1S/C36H33ClN2O6/c1-4-43-32-23-24(22-30-33(40)38-35(42)39(34(30)41)28-15-13-27(37)14-16-28)10-19-31(32)45-21-20-44-29-17-11-26(12-18-29)36(2,3)25-8-6-5-7-9-25/h5-19,22-23H,4,20-21H2,1-3H3,(H,38,40,42)/b30-22+. The Hall–Kier alpha value is -5.08. The molecule has 1 heterocycles. The summed E-state index contributed by atoms with van der Waals surface area (Å²) in [6, 6.07) is 28.8. The van der Waals surface area contributed by atoms with Gasteiger partial charge in [-0.05, 0) is 78.2 Å². The number of rotatable bonds is 11. The maximum Gasteiger partial charge on any atom is 0.335 e. The molecule has 4 aromatic rings. The summed E-state index contributed by atoms with van der Waals surface area (Å²) in [4.78, 5) is 39.2. The third-order valence-electron chi connectivity index (χ3n) is 7.45. The molecule has 4 amide bonds. The monoisotopic (exact) mass is 624 g/mol. The van der Waals surface area contributed by atoms with Crippen molar-refractivity contribution in [3.05, 3.63) is 124 Å². The minimum absolute atomic E-state index is 0.137. The molecule has 0 atom stereocenters. The SMILES string of the molecule is CCOc1cc(/C=C2\C(=O)NC(=O)N(c3ccc(Cl)cc3)C2=O)ccc1OCCOc1ccc(C(C)(C)c2ccccc2)cc1. The number of halogens is 1. The van der Waals surface area contributed by atoms with Gasteiger partial charge in [0.05, 0.1) is 12.3 Å². The van der Waals surface area contributed by atoms with E-state index in [-0.39, 0.29) is 23.3 Å². The van der Waals surface area contributed by atoms with E-state index in [0.717, 1.165) is 10.6 Å². The number of nitrogens with zero attached hydrogens (tertiary/aromatic N) is 1. The fourth-order valence-corrected chi connectivity index (χ4v) is 5.08. The second-order valence-electron chi connectivity index (χ2n) is 10.8. The largest absolute Gasteiger partial charge is 0.490 e. The normalized spacial score (nSPS) is 14.4. The highest BCUT2D eigenvalue weighted by atomic mass is 35.5. The van der Waals surface area contributed by atoms with Crippen molar-refractivity contribution in [3.63, 3.8) is 0 Å². The van der Waals surface area contributed by atoms with Crippen LogP contribution in [0.25, 0.3) is 6.08 Å². The van der Waals surface area contributed by atoms with Crippen LogP contribution >= 0.6 is 11.6 Å². The molecule has 1 N–H and O–H groups in total. The Bertz CT molecular complexity index is 1720. The molecular formula is C36H33ClN2O6. The van der Waals surface area contributed by atoms with Crippen LogP contribution in [0, 0.1) is 0 Å². The Kier molecular flexibility index (Phi) is 9.54. The van der Waals surface area contributed by atoms with Gasteiger partial charge in [-0.15, -0.1) is 0 Å². The van der Waals surface area contributed by atoms with Gasteiger partial charge in [-0.2, -0.15) is 0 Å². The quantitative estimate of drug-likeness (QED) is 0.108. The summed E-state index contributed by atoms with van der Waals surface area (Å²) in [5.41, 5.74) is 2.89. The van der Waals surface area contributed by atoms with Crippen LogP contribution in [-0.2, 0) is 15.0 Å². The summed E-state index contributed by atoms with van der Waals surface area (Å²) in [5, 5.41) is 2.67. The van der Waals surface area contributed by atoms with Gasteiger partial charge in [-0.1, -0.05) is 74.0 Å². The van der Waals surface area contributed by atoms with Crippen LogP contribution in [0.4, 0.5) is 10.5 Å². The van der Waals surface area contributed by atoms with Crippen molar-refractivity contribution in [1.29, 1.82) is 0 Å². The highest BCUT2D eigenvalue weighted by molar-refractivity contribution is 6.39. The van der Waals surface area contributed by atoms with Crippen LogP contribution in [0.1, 0.15) is 37.5 Å². The van der Waals surface area contributed by atoms with E-state index < -0.39 is 17.8 Å². The lowest BCUT2D eigenvalue weighted by molar-refractivity contribution is -0.122. The van der Waals surface area contributed by atoms with Crippen molar-refractivity contribution in [2.75, 3.05) is 24.7 Å². The van der Waals surface area contributed by atoms with Crippen LogP contribution in [-0.4, -0.2) is 37.7 Å². The minimum atomic E-state index is -0.836. The van der Waals surface area contributed by atoms with Gasteiger partial charge in [-0.3, -0.25) is 14.9 Å². The van der Waals surface area contributed by atoms with E-state index in [4.69, 9.17) is 25.8 Å². The summed E-state index contributed by atoms with van der Waals surface area (Å²) in [6.45, 7) is 7.18. The number of barbiturate groups is 1. The zero-order chi connectivity index (χ0) is 32.0. The van der Waals surface area contributed by atoms with Crippen molar-refractivity contribution in [3.8, 4) is 17.2 Å². The Labute approximate surface area is 267 Å². The number of imide groups is 2. The molecule has 8 nitrogen and oxygen atoms in total. The van der Waals surface area contributed by atoms with Crippen LogP contribution in [0.15, 0.2) is 103 Å². The Morgan fingerprint density at radius 2 is 1.44 bits per heavy atom. The van der Waals surface area contributed by atoms with Crippen LogP contribution in [0.5, 0.6) is 17.2 Å². The number of carbonyl (C=O) groups is 3. The lowest BCUT2D eigenvalue weighted by atomic mass is 9.78.